The van der Waals surface area contributed by atoms with Gasteiger partial charge in [-0.1, -0.05) is 17.4 Å². The molecule has 0 radical (unpaired) electrons. The van der Waals surface area contributed by atoms with Crippen molar-refractivity contribution in [2.45, 2.75) is 26.7 Å². The number of amidine groups is 1. The number of carbonyl (C=O) groups excluding carboxylic acids is 2. The first-order valence-corrected chi connectivity index (χ1v) is 11.8. The van der Waals surface area contributed by atoms with E-state index in [0.717, 1.165) is 17.4 Å². The van der Waals surface area contributed by atoms with Crippen molar-refractivity contribution in [2.75, 3.05) is 31.6 Å². The van der Waals surface area contributed by atoms with Gasteiger partial charge in [0, 0.05) is 36.7 Å². The van der Waals surface area contributed by atoms with Crippen LogP contribution in [0.3, 0.4) is 0 Å². The van der Waals surface area contributed by atoms with Crippen LogP contribution in [0.2, 0.25) is 0 Å². The van der Waals surface area contributed by atoms with E-state index in [9.17, 15) is 23.9 Å². The Hall–Kier alpha value is -3.54. The van der Waals surface area contributed by atoms with Crippen molar-refractivity contribution in [3.05, 3.63) is 34.5 Å². The molecule has 1 aliphatic rings. The third-order valence-corrected chi connectivity index (χ3v) is 7.03. The van der Waals surface area contributed by atoms with Gasteiger partial charge in [0.05, 0.1) is 12.5 Å². The fraction of sp³-hybridized carbons (Fsp3) is 0.435. The van der Waals surface area contributed by atoms with E-state index in [0.29, 0.717) is 31.1 Å². The number of ether oxygens (including phenoxy) is 1. The Bertz CT molecular complexity index is 1160. The second-order valence-corrected chi connectivity index (χ2v) is 9.92. The first-order chi connectivity index (χ1) is 16.4. The summed E-state index contributed by atoms with van der Waals surface area (Å²) in [7, 11) is 1.30. The van der Waals surface area contributed by atoms with Crippen LogP contribution in [0, 0.1) is 22.6 Å². The van der Waals surface area contributed by atoms with Gasteiger partial charge in [-0.05, 0) is 38.8 Å². The number of carboxylic acid groups (broad SMARTS) is 1. The van der Waals surface area contributed by atoms with Crippen molar-refractivity contribution in [3.63, 3.8) is 0 Å². The molecule has 2 heterocycles. The number of aromatic carboxylic acids is 1. The average molecular weight is 506 g/mol. The number of nitrogen functional groups attached to an aromatic ring is 1. The number of nitrogens with two attached hydrogens (primary N) is 1. The van der Waals surface area contributed by atoms with Gasteiger partial charge in [-0.25, -0.2) is 14.2 Å². The molecule has 1 fully saturated rings. The number of carboxylic acids is 1. The molecule has 1 saturated heterocycles. The summed E-state index contributed by atoms with van der Waals surface area (Å²) in [5.41, 5.74) is 4.77. The van der Waals surface area contributed by atoms with E-state index in [4.69, 9.17) is 15.9 Å². The summed E-state index contributed by atoms with van der Waals surface area (Å²) >= 11 is 0.947. The molecular weight excluding hydrogens is 477 g/mol. The van der Waals surface area contributed by atoms with Gasteiger partial charge in [0.2, 0.25) is 5.91 Å². The van der Waals surface area contributed by atoms with E-state index in [-0.39, 0.29) is 45.9 Å². The molecule has 3 rings (SSSR count). The van der Waals surface area contributed by atoms with Gasteiger partial charge >= 0.3 is 11.9 Å². The third-order valence-electron chi connectivity index (χ3n) is 5.92. The van der Waals surface area contributed by atoms with Crippen LogP contribution in [0.25, 0.3) is 11.3 Å². The van der Waals surface area contributed by atoms with Gasteiger partial charge < -0.3 is 25.8 Å². The summed E-state index contributed by atoms with van der Waals surface area (Å²) in [6, 6.07) is 3.88. The van der Waals surface area contributed by atoms with Crippen molar-refractivity contribution in [1.82, 2.24) is 10.3 Å². The number of benzene rings is 1. The number of nitrogens with one attached hydrogen (secondary N) is 2. The Kier molecular flexibility index (Phi) is 7.73. The van der Waals surface area contributed by atoms with Gasteiger partial charge in [-0.15, -0.1) is 0 Å². The summed E-state index contributed by atoms with van der Waals surface area (Å²) < 4.78 is 19.4. The lowest BCUT2D eigenvalue weighted by Crippen LogP contribution is -2.45. The molecule has 10 nitrogen and oxygen atoms in total. The minimum Gasteiger partial charge on any atom is -0.477 e. The molecule has 188 valence electrons. The number of nitrogens with zero attached hydrogens (tertiary/aromatic N) is 2. The summed E-state index contributed by atoms with van der Waals surface area (Å²) in [6.45, 7) is 4.48. The predicted octanol–water partition coefficient (Wildman–Crippen LogP) is 2.46. The minimum atomic E-state index is -1.22. The highest BCUT2D eigenvalue weighted by Crippen LogP contribution is 2.36. The summed E-state index contributed by atoms with van der Waals surface area (Å²) in [5, 5.41) is 20.3. The zero-order valence-corrected chi connectivity index (χ0v) is 20.5. The average Bonchev–Trinajstić information content (AvgIpc) is 3.27. The maximum absolute atomic E-state index is 14.7. The summed E-state index contributed by atoms with van der Waals surface area (Å²) in [6.07, 6.45) is 1.03. The van der Waals surface area contributed by atoms with E-state index >= 15 is 0 Å². The van der Waals surface area contributed by atoms with E-state index in [2.05, 4.69) is 10.3 Å². The Morgan fingerprint density at radius 1 is 1.34 bits per heavy atom. The number of carbonyl (C=O) groups is 3. The molecule has 1 amide bonds. The Morgan fingerprint density at radius 3 is 2.54 bits per heavy atom. The smallest absolute Gasteiger partial charge is 0.348 e. The Morgan fingerprint density at radius 2 is 2.00 bits per heavy atom. The van der Waals surface area contributed by atoms with Crippen LogP contribution in [0.5, 0.6) is 0 Å². The number of halogens is 1. The monoisotopic (exact) mass is 505 g/mol. The molecule has 0 aliphatic carbocycles. The quantitative estimate of drug-likeness (QED) is 0.242. The van der Waals surface area contributed by atoms with Crippen molar-refractivity contribution in [1.29, 1.82) is 5.41 Å². The lowest BCUT2D eigenvalue weighted by molar-refractivity contribution is -0.150. The summed E-state index contributed by atoms with van der Waals surface area (Å²) in [4.78, 5) is 42.4. The van der Waals surface area contributed by atoms with Crippen LogP contribution in [0.4, 0.5) is 9.52 Å². The van der Waals surface area contributed by atoms with Crippen LogP contribution in [-0.2, 0) is 14.3 Å². The standard InChI is InChI=1S/C23H28FN5O5S/c1-23(2,21(33)34-3)11-27-19(30)12-6-8-29(9-7-12)22-28-16(17(35-22)20(31)32)14-5-4-13(18(25)26)10-15(14)24/h4-5,10,12H,6-9,11H2,1-3H3,(H3,25,26)(H,27,30)(H,31,32). The van der Waals surface area contributed by atoms with E-state index in [1.54, 1.807) is 13.8 Å². The number of aromatic nitrogens is 1. The molecule has 0 spiro atoms. The fourth-order valence-electron chi connectivity index (χ4n) is 3.78. The molecule has 1 aromatic carbocycles. The normalized spacial score (nSPS) is 14.5. The molecule has 5 N–H and O–H groups in total. The molecule has 0 atom stereocenters. The Balaban J connectivity index is 1.71. The van der Waals surface area contributed by atoms with Crippen molar-refractivity contribution < 1.29 is 28.6 Å². The molecule has 2 aromatic rings. The van der Waals surface area contributed by atoms with Crippen LogP contribution >= 0.6 is 11.3 Å². The lowest BCUT2D eigenvalue weighted by atomic mass is 9.92. The van der Waals surface area contributed by atoms with Crippen LogP contribution in [0.1, 0.15) is 41.9 Å². The van der Waals surface area contributed by atoms with Crippen LogP contribution < -0.4 is 16.0 Å². The van der Waals surface area contributed by atoms with Gasteiger partial charge in [0.15, 0.2) is 5.13 Å². The number of piperidine rings is 1. The van der Waals surface area contributed by atoms with E-state index in [1.807, 2.05) is 4.90 Å². The molecular formula is C23H28FN5O5S. The van der Waals surface area contributed by atoms with Gasteiger partial charge in [0.25, 0.3) is 0 Å². The number of hydrogen-bond donors (Lipinski definition) is 4. The highest BCUT2D eigenvalue weighted by Gasteiger charge is 2.32. The molecule has 35 heavy (non-hydrogen) atoms. The number of esters is 1. The second-order valence-electron chi connectivity index (χ2n) is 8.94. The van der Waals surface area contributed by atoms with Gasteiger partial charge in [0.1, 0.15) is 22.2 Å². The SMILES string of the molecule is COC(=O)C(C)(C)CNC(=O)C1CCN(c2nc(-c3ccc(C(=N)N)cc3F)c(C(=O)O)s2)CC1. The maximum Gasteiger partial charge on any atom is 0.348 e. The topological polar surface area (TPSA) is 159 Å². The number of amides is 1. The molecule has 1 aliphatic heterocycles. The first kappa shape index (κ1) is 26.1. The number of thiazole rings is 1. The highest BCUT2D eigenvalue weighted by molar-refractivity contribution is 7.17. The molecule has 0 bridgehead atoms. The number of hydrogen-bond acceptors (Lipinski definition) is 8. The molecule has 0 unspecified atom stereocenters. The zero-order valence-electron chi connectivity index (χ0n) is 19.7. The van der Waals surface area contributed by atoms with E-state index in [1.165, 1.54) is 19.2 Å². The zero-order chi connectivity index (χ0) is 25.9. The lowest BCUT2D eigenvalue weighted by Gasteiger charge is -2.31. The third kappa shape index (κ3) is 5.76. The number of rotatable bonds is 8. The van der Waals surface area contributed by atoms with Crippen LogP contribution in [-0.4, -0.2) is 60.5 Å². The maximum atomic E-state index is 14.7. The van der Waals surface area contributed by atoms with Crippen LogP contribution in [0.15, 0.2) is 18.2 Å². The van der Waals surface area contributed by atoms with Gasteiger partial charge in [-0.3, -0.25) is 15.0 Å². The largest absolute Gasteiger partial charge is 0.477 e. The summed E-state index contributed by atoms with van der Waals surface area (Å²) in [5.74, 6) is -3.05. The second kappa shape index (κ2) is 10.4. The van der Waals surface area contributed by atoms with Crippen molar-refractivity contribution in [3.8, 4) is 11.3 Å². The van der Waals surface area contributed by atoms with Gasteiger partial charge in [-0.2, -0.15) is 0 Å². The van der Waals surface area contributed by atoms with Crippen molar-refractivity contribution in [2.24, 2.45) is 17.1 Å². The predicted molar refractivity (Wildman–Crippen MR) is 129 cm³/mol. The van der Waals surface area contributed by atoms with Crippen molar-refractivity contribution >= 4 is 40.1 Å². The number of methoxy groups -OCH3 is 1. The highest BCUT2D eigenvalue weighted by atomic mass is 32.1. The Labute approximate surface area is 205 Å². The minimum absolute atomic E-state index is 0.00927. The molecule has 0 saturated carbocycles. The first-order valence-electron chi connectivity index (χ1n) is 10.9. The fourth-order valence-corrected chi connectivity index (χ4v) is 4.75. The molecule has 12 heteroatoms. The van der Waals surface area contributed by atoms with E-state index < -0.39 is 23.2 Å². The number of anilines is 1. The molecule has 1 aromatic heterocycles.